The number of hydrogen-bond acceptors (Lipinski definition) is 8. The highest BCUT2D eigenvalue weighted by atomic mass is 32.3. The molecule has 0 spiro atoms. The van der Waals surface area contributed by atoms with Gasteiger partial charge in [-0.15, -0.1) is 0 Å². The van der Waals surface area contributed by atoms with Crippen LogP contribution in [0.15, 0.2) is 24.3 Å². The lowest BCUT2D eigenvalue weighted by molar-refractivity contribution is 0.0577. The van der Waals surface area contributed by atoms with E-state index in [1.807, 2.05) is 18.2 Å². The van der Waals surface area contributed by atoms with Crippen LogP contribution in [0.1, 0.15) is 28.5 Å². The van der Waals surface area contributed by atoms with Gasteiger partial charge in [0.05, 0.1) is 19.8 Å². The highest BCUT2D eigenvalue weighted by Gasteiger charge is 2.39. The quantitative estimate of drug-likeness (QED) is 0.729. The smallest absolute Gasteiger partial charge is 0.399 e. The molecule has 3 heterocycles. The molecule has 1 unspecified atom stereocenters. The van der Waals surface area contributed by atoms with Gasteiger partial charge in [-0.05, 0) is 41.8 Å². The van der Waals surface area contributed by atoms with Crippen molar-refractivity contribution in [3.8, 4) is 23.0 Å². The molecule has 5 rings (SSSR count). The maximum absolute atomic E-state index is 11.7. The fourth-order valence-electron chi connectivity index (χ4n) is 4.21. The zero-order valence-corrected chi connectivity index (χ0v) is 17.1. The Hall–Kier alpha value is -2.95. The van der Waals surface area contributed by atoms with Crippen molar-refractivity contribution in [3.05, 3.63) is 46.5 Å². The first kappa shape index (κ1) is 19.0. The second-order valence-electron chi connectivity index (χ2n) is 7.02. The van der Waals surface area contributed by atoms with E-state index in [1.165, 1.54) is 14.2 Å². The van der Waals surface area contributed by atoms with Crippen LogP contribution in [0.4, 0.5) is 0 Å². The van der Waals surface area contributed by atoms with Gasteiger partial charge >= 0.3 is 10.4 Å². The fourth-order valence-corrected chi connectivity index (χ4v) is 4.65. The highest BCUT2D eigenvalue weighted by molar-refractivity contribution is 7.80. The molecule has 0 aliphatic carbocycles. The van der Waals surface area contributed by atoms with Gasteiger partial charge in [0.2, 0.25) is 6.79 Å². The Bertz CT molecular complexity index is 1170. The van der Waals surface area contributed by atoms with E-state index in [2.05, 4.69) is 0 Å². The van der Waals surface area contributed by atoms with Crippen LogP contribution in [0.3, 0.4) is 0 Å². The number of ether oxygens (including phenoxy) is 4. The van der Waals surface area contributed by atoms with Crippen LogP contribution >= 0.6 is 0 Å². The molecule has 9 nitrogen and oxygen atoms in total. The molecule has 1 N–H and O–H groups in total. The Kier molecular flexibility index (Phi) is 4.31. The Labute approximate surface area is 173 Å². The number of benzene rings is 2. The molecule has 1 atom stereocenters. The topological polar surface area (TPSA) is 104 Å². The van der Waals surface area contributed by atoms with Crippen molar-refractivity contribution in [3.63, 3.8) is 0 Å². The largest absolute Gasteiger partial charge is 0.493 e. The van der Waals surface area contributed by atoms with Crippen LogP contribution in [-0.4, -0.2) is 45.4 Å². The molecule has 0 bridgehead atoms. The lowest BCUT2D eigenvalue weighted by Crippen LogP contribution is -2.38. The third kappa shape index (κ3) is 2.95. The number of hydrogen-bond donors (Lipinski definition) is 1. The van der Waals surface area contributed by atoms with Gasteiger partial charge in [-0.1, -0.05) is 6.07 Å². The molecule has 0 aromatic heterocycles. The first-order valence-electron chi connectivity index (χ1n) is 9.21. The van der Waals surface area contributed by atoms with Crippen LogP contribution < -0.4 is 18.9 Å². The van der Waals surface area contributed by atoms with Crippen LogP contribution in [0.2, 0.25) is 0 Å². The van der Waals surface area contributed by atoms with Gasteiger partial charge in [0.1, 0.15) is 0 Å². The molecule has 0 radical (unpaired) electrons. The van der Waals surface area contributed by atoms with E-state index >= 15 is 0 Å². The summed E-state index contributed by atoms with van der Waals surface area (Å²) < 4.78 is 59.9. The van der Waals surface area contributed by atoms with Gasteiger partial charge in [-0.2, -0.15) is 8.42 Å². The van der Waals surface area contributed by atoms with Crippen LogP contribution in [0.5, 0.6) is 23.0 Å². The summed E-state index contributed by atoms with van der Waals surface area (Å²) in [5, 5.41) is 0. The zero-order valence-electron chi connectivity index (χ0n) is 16.2. The van der Waals surface area contributed by atoms with E-state index < -0.39 is 16.6 Å². The first-order chi connectivity index (χ1) is 14.4. The molecule has 0 saturated heterocycles. The van der Waals surface area contributed by atoms with E-state index in [0.717, 1.165) is 16.8 Å². The molecule has 0 saturated carbocycles. The molecule has 2 aromatic carbocycles. The van der Waals surface area contributed by atoms with Gasteiger partial charge in [-0.3, -0.25) is 4.55 Å². The van der Waals surface area contributed by atoms with Crippen LogP contribution in [0.25, 0.3) is 11.8 Å². The Morgan fingerprint density at radius 1 is 1.13 bits per heavy atom. The SMILES string of the molecule is COc1ccc2c(c1OC)C(OS(=O)(=O)O)N1CCc3cc4c(cc3C1=C2)OCO4. The average molecular weight is 433 g/mol. The van der Waals surface area contributed by atoms with E-state index in [-0.39, 0.29) is 6.79 Å². The predicted molar refractivity (Wildman–Crippen MR) is 106 cm³/mol. The van der Waals surface area contributed by atoms with Crippen molar-refractivity contribution >= 4 is 22.2 Å². The van der Waals surface area contributed by atoms with Crippen molar-refractivity contribution < 1.29 is 36.1 Å². The molecule has 0 fully saturated rings. The van der Waals surface area contributed by atoms with E-state index in [4.69, 9.17) is 23.1 Å². The van der Waals surface area contributed by atoms with Gasteiger partial charge in [0.15, 0.2) is 29.2 Å². The lowest BCUT2D eigenvalue weighted by atomic mass is 9.89. The maximum Gasteiger partial charge on any atom is 0.399 e. The monoisotopic (exact) mass is 433 g/mol. The first-order valence-corrected chi connectivity index (χ1v) is 10.6. The van der Waals surface area contributed by atoms with Crippen molar-refractivity contribution in [2.24, 2.45) is 0 Å². The number of nitrogens with zero attached hydrogens (tertiary/aromatic N) is 1. The number of rotatable bonds is 4. The summed E-state index contributed by atoms with van der Waals surface area (Å²) in [5.41, 5.74) is 3.84. The van der Waals surface area contributed by atoms with Crippen molar-refractivity contribution in [1.29, 1.82) is 0 Å². The molecule has 10 heteroatoms. The molecule has 3 aliphatic rings. The van der Waals surface area contributed by atoms with E-state index in [9.17, 15) is 13.0 Å². The normalized spacial score (nSPS) is 18.8. The van der Waals surface area contributed by atoms with Gasteiger partial charge in [-0.25, -0.2) is 4.18 Å². The lowest BCUT2D eigenvalue weighted by Gasteiger charge is -2.42. The predicted octanol–water partition coefficient (Wildman–Crippen LogP) is 2.62. The maximum atomic E-state index is 11.7. The summed E-state index contributed by atoms with van der Waals surface area (Å²) in [6.07, 6.45) is 1.43. The van der Waals surface area contributed by atoms with E-state index in [1.54, 1.807) is 17.0 Å². The number of fused-ring (bicyclic) bond motifs is 5. The summed E-state index contributed by atoms with van der Waals surface area (Å²) in [6.45, 7) is 0.619. The summed E-state index contributed by atoms with van der Waals surface area (Å²) in [7, 11) is -1.80. The third-order valence-electron chi connectivity index (χ3n) is 5.46. The molecule has 158 valence electrons. The summed E-state index contributed by atoms with van der Waals surface area (Å²) in [5.74, 6) is 2.09. The second kappa shape index (κ2) is 6.79. The van der Waals surface area contributed by atoms with Gasteiger partial charge < -0.3 is 23.8 Å². The van der Waals surface area contributed by atoms with Crippen molar-refractivity contribution in [2.75, 3.05) is 27.6 Å². The van der Waals surface area contributed by atoms with Crippen molar-refractivity contribution in [1.82, 2.24) is 4.90 Å². The zero-order chi connectivity index (χ0) is 21.0. The van der Waals surface area contributed by atoms with Crippen LogP contribution in [-0.2, 0) is 21.0 Å². The molecular weight excluding hydrogens is 414 g/mol. The summed E-state index contributed by atoms with van der Waals surface area (Å²) in [4.78, 5) is 1.78. The van der Waals surface area contributed by atoms with Crippen LogP contribution in [0, 0.1) is 0 Å². The molecule has 2 aromatic rings. The Morgan fingerprint density at radius 3 is 2.60 bits per heavy atom. The average Bonchev–Trinajstić information content (AvgIpc) is 3.17. The number of methoxy groups -OCH3 is 2. The third-order valence-corrected chi connectivity index (χ3v) is 5.88. The van der Waals surface area contributed by atoms with Crippen molar-refractivity contribution in [2.45, 2.75) is 12.6 Å². The fraction of sp³-hybridized carbons (Fsp3) is 0.300. The molecule has 30 heavy (non-hydrogen) atoms. The summed E-state index contributed by atoms with van der Waals surface area (Å²) in [6, 6.07) is 7.35. The molecule has 3 aliphatic heterocycles. The molecular formula is C20H19NO8S. The second-order valence-corrected chi connectivity index (χ2v) is 8.06. The molecule has 0 amide bonds. The van der Waals surface area contributed by atoms with E-state index in [0.29, 0.717) is 47.1 Å². The minimum atomic E-state index is -4.76. The minimum absolute atomic E-state index is 0.162. The Balaban J connectivity index is 1.73. The van der Waals surface area contributed by atoms with Gasteiger partial charge in [0, 0.05) is 17.8 Å². The highest BCUT2D eigenvalue weighted by Crippen LogP contribution is 2.50. The summed E-state index contributed by atoms with van der Waals surface area (Å²) >= 11 is 0. The minimum Gasteiger partial charge on any atom is -0.493 e. The van der Waals surface area contributed by atoms with Gasteiger partial charge in [0.25, 0.3) is 0 Å². The Morgan fingerprint density at radius 2 is 1.90 bits per heavy atom. The standard InChI is InChI=1S/C20H19NO8S/c1-25-15-4-3-12-7-14-13-9-17-16(27-10-28-17)8-11(13)5-6-21(14)20(29-30(22,23)24)18(12)19(15)26-2/h3-4,7-9,20H,5-6,10H2,1-2H3,(H,22,23,24).